The summed E-state index contributed by atoms with van der Waals surface area (Å²) in [4.78, 5) is 4.13. The van der Waals surface area contributed by atoms with Crippen molar-refractivity contribution in [2.24, 2.45) is 0 Å². The van der Waals surface area contributed by atoms with Gasteiger partial charge in [0.15, 0.2) is 0 Å². The second kappa shape index (κ2) is 10.0. The van der Waals surface area contributed by atoms with Crippen LogP contribution >= 0.6 is 31.9 Å². The van der Waals surface area contributed by atoms with Gasteiger partial charge < -0.3 is 14.8 Å². The Labute approximate surface area is 160 Å². The molecule has 0 radical (unpaired) electrons. The highest BCUT2D eigenvalue weighted by Crippen LogP contribution is 2.35. The van der Waals surface area contributed by atoms with E-state index in [0.717, 1.165) is 34.2 Å². The summed E-state index contributed by atoms with van der Waals surface area (Å²) in [6, 6.07) is 9.83. The van der Waals surface area contributed by atoms with Crippen molar-refractivity contribution < 1.29 is 9.47 Å². The van der Waals surface area contributed by atoms with Crippen molar-refractivity contribution in [1.82, 2.24) is 10.3 Å². The van der Waals surface area contributed by atoms with Gasteiger partial charge in [0.05, 0.1) is 21.7 Å². The molecule has 0 amide bonds. The van der Waals surface area contributed by atoms with Crippen LogP contribution in [-0.2, 0) is 6.54 Å². The Hall–Kier alpha value is -1.11. The smallest absolute Gasteiger partial charge is 0.213 e. The minimum Gasteiger partial charge on any atom is -0.489 e. The van der Waals surface area contributed by atoms with Crippen LogP contribution in [0.25, 0.3) is 0 Å². The number of pyridine rings is 1. The van der Waals surface area contributed by atoms with Gasteiger partial charge in [-0.3, -0.25) is 0 Å². The second-order valence-electron chi connectivity index (χ2n) is 5.60. The van der Waals surface area contributed by atoms with Crippen LogP contribution in [0.1, 0.15) is 25.8 Å². The van der Waals surface area contributed by atoms with E-state index in [1.165, 1.54) is 5.56 Å². The summed E-state index contributed by atoms with van der Waals surface area (Å²) >= 11 is 7.15. The average molecular weight is 458 g/mol. The zero-order chi connectivity index (χ0) is 17.4. The van der Waals surface area contributed by atoms with Crippen molar-refractivity contribution in [1.29, 1.82) is 0 Å². The molecular weight excluding hydrogens is 436 g/mol. The molecule has 0 atom stereocenters. The zero-order valence-electron chi connectivity index (χ0n) is 13.9. The summed E-state index contributed by atoms with van der Waals surface area (Å²) in [5, 5.41) is 3.42. The Morgan fingerprint density at radius 3 is 2.54 bits per heavy atom. The molecule has 1 heterocycles. The lowest BCUT2D eigenvalue weighted by Gasteiger charge is -2.15. The molecular formula is C18H22Br2N2O2. The van der Waals surface area contributed by atoms with Crippen molar-refractivity contribution in [3.8, 4) is 11.6 Å². The Bertz CT molecular complexity index is 613. The number of rotatable bonds is 9. The molecule has 0 bridgehead atoms. The van der Waals surface area contributed by atoms with E-state index in [2.05, 4.69) is 54.3 Å². The summed E-state index contributed by atoms with van der Waals surface area (Å²) < 4.78 is 13.3. The third kappa shape index (κ3) is 6.42. The van der Waals surface area contributed by atoms with E-state index in [0.29, 0.717) is 12.5 Å². The Kier molecular flexibility index (Phi) is 8.02. The van der Waals surface area contributed by atoms with E-state index in [4.69, 9.17) is 9.47 Å². The molecule has 0 aliphatic carbocycles. The van der Waals surface area contributed by atoms with E-state index < -0.39 is 0 Å². The van der Waals surface area contributed by atoms with Gasteiger partial charge in [0.1, 0.15) is 5.75 Å². The van der Waals surface area contributed by atoms with Crippen molar-refractivity contribution in [3.05, 3.63) is 51.0 Å². The highest BCUT2D eigenvalue weighted by Gasteiger charge is 2.10. The maximum atomic E-state index is 5.79. The lowest BCUT2D eigenvalue weighted by Crippen LogP contribution is -2.17. The fraction of sp³-hybridized carbons (Fsp3) is 0.389. The predicted molar refractivity (Wildman–Crippen MR) is 104 cm³/mol. The van der Waals surface area contributed by atoms with E-state index >= 15 is 0 Å². The van der Waals surface area contributed by atoms with Gasteiger partial charge in [-0.15, -0.1) is 0 Å². The number of ether oxygens (including phenoxy) is 2. The van der Waals surface area contributed by atoms with Gasteiger partial charge >= 0.3 is 0 Å². The van der Waals surface area contributed by atoms with Crippen molar-refractivity contribution in [2.75, 3.05) is 13.2 Å². The fourth-order valence-corrected chi connectivity index (χ4v) is 3.57. The van der Waals surface area contributed by atoms with Crippen LogP contribution in [0, 0.1) is 0 Å². The molecule has 0 unspecified atom stereocenters. The molecule has 0 saturated heterocycles. The Morgan fingerprint density at radius 2 is 1.92 bits per heavy atom. The number of nitrogens with one attached hydrogen (secondary N) is 1. The summed E-state index contributed by atoms with van der Waals surface area (Å²) in [5.41, 5.74) is 1.19. The van der Waals surface area contributed by atoms with Crippen molar-refractivity contribution in [2.45, 2.75) is 32.9 Å². The summed E-state index contributed by atoms with van der Waals surface area (Å²) in [5.74, 6) is 1.52. The number of aromatic nitrogens is 1. The number of halogens is 2. The van der Waals surface area contributed by atoms with Gasteiger partial charge in [-0.1, -0.05) is 6.07 Å². The van der Waals surface area contributed by atoms with E-state index in [9.17, 15) is 0 Å². The number of hydrogen-bond acceptors (Lipinski definition) is 4. The molecule has 0 fully saturated rings. The van der Waals surface area contributed by atoms with Gasteiger partial charge in [-0.25, -0.2) is 4.98 Å². The molecule has 0 aliphatic rings. The van der Waals surface area contributed by atoms with Crippen LogP contribution in [0.5, 0.6) is 11.6 Å². The molecule has 4 nitrogen and oxygen atoms in total. The summed E-state index contributed by atoms with van der Waals surface area (Å²) in [7, 11) is 0. The van der Waals surface area contributed by atoms with Gasteiger partial charge in [0.2, 0.25) is 5.88 Å². The van der Waals surface area contributed by atoms with Gasteiger partial charge in [-0.2, -0.15) is 0 Å². The standard InChI is InChI=1S/C18H22Br2N2O2/c1-13(2)24-18-15(19)10-14(11-16(18)20)12-21-7-5-9-23-17-6-3-4-8-22-17/h3-4,6,8,10-11,13,21H,5,7,9,12H2,1-2H3. The van der Waals surface area contributed by atoms with Crippen LogP contribution in [0.4, 0.5) is 0 Å². The monoisotopic (exact) mass is 456 g/mol. The zero-order valence-corrected chi connectivity index (χ0v) is 17.1. The largest absolute Gasteiger partial charge is 0.489 e. The number of nitrogens with zero attached hydrogens (tertiary/aromatic N) is 1. The average Bonchev–Trinajstić information content (AvgIpc) is 2.55. The third-order valence-electron chi connectivity index (χ3n) is 3.13. The SMILES string of the molecule is CC(C)Oc1c(Br)cc(CNCCCOc2ccccn2)cc1Br. The number of benzene rings is 1. The quantitative estimate of drug-likeness (QED) is 0.541. The highest BCUT2D eigenvalue weighted by atomic mass is 79.9. The topological polar surface area (TPSA) is 43.4 Å². The molecule has 1 aromatic carbocycles. The summed E-state index contributed by atoms with van der Waals surface area (Å²) in [6.45, 7) is 6.36. The van der Waals surface area contributed by atoms with E-state index in [1.54, 1.807) is 6.20 Å². The Morgan fingerprint density at radius 1 is 1.17 bits per heavy atom. The van der Waals surface area contributed by atoms with Crippen LogP contribution < -0.4 is 14.8 Å². The molecule has 24 heavy (non-hydrogen) atoms. The molecule has 0 spiro atoms. The van der Waals surface area contributed by atoms with Gasteiger partial charge in [0.25, 0.3) is 0 Å². The maximum Gasteiger partial charge on any atom is 0.213 e. The molecule has 1 aromatic heterocycles. The van der Waals surface area contributed by atoms with E-state index in [1.807, 2.05) is 32.0 Å². The predicted octanol–water partition coefficient (Wildman–Crippen LogP) is 4.95. The van der Waals surface area contributed by atoms with Crippen LogP contribution in [0.3, 0.4) is 0 Å². The molecule has 6 heteroatoms. The molecule has 2 aromatic rings. The Balaban J connectivity index is 1.72. The lowest BCUT2D eigenvalue weighted by molar-refractivity contribution is 0.239. The van der Waals surface area contributed by atoms with Crippen LogP contribution in [0.15, 0.2) is 45.5 Å². The van der Waals surface area contributed by atoms with Gasteiger partial charge in [0, 0.05) is 18.8 Å². The molecule has 1 N–H and O–H groups in total. The van der Waals surface area contributed by atoms with Gasteiger partial charge in [-0.05, 0) is 82.4 Å². The molecule has 130 valence electrons. The first-order valence-corrected chi connectivity index (χ1v) is 9.54. The minimum absolute atomic E-state index is 0.140. The molecule has 0 aliphatic heterocycles. The molecule has 0 saturated carbocycles. The first-order chi connectivity index (χ1) is 11.6. The van der Waals surface area contributed by atoms with Crippen molar-refractivity contribution in [3.63, 3.8) is 0 Å². The van der Waals surface area contributed by atoms with Crippen molar-refractivity contribution >= 4 is 31.9 Å². The fourth-order valence-electron chi connectivity index (χ4n) is 2.10. The first kappa shape index (κ1) is 19.2. The minimum atomic E-state index is 0.140. The summed E-state index contributed by atoms with van der Waals surface area (Å²) in [6.07, 6.45) is 2.80. The second-order valence-corrected chi connectivity index (χ2v) is 7.31. The number of hydrogen-bond donors (Lipinski definition) is 1. The molecule has 2 rings (SSSR count). The highest BCUT2D eigenvalue weighted by molar-refractivity contribution is 9.11. The lowest BCUT2D eigenvalue weighted by atomic mass is 10.2. The van der Waals surface area contributed by atoms with E-state index in [-0.39, 0.29) is 6.10 Å². The van der Waals surface area contributed by atoms with Crippen LogP contribution in [-0.4, -0.2) is 24.2 Å². The maximum absolute atomic E-state index is 5.79. The first-order valence-electron chi connectivity index (χ1n) is 7.95. The normalized spacial score (nSPS) is 10.9. The van der Waals surface area contributed by atoms with Crippen LogP contribution in [0.2, 0.25) is 0 Å². The third-order valence-corrected chi connectivity index (χ3v) is 4.30.